The van der Waals surface area contributed by atoms with Crippen LogP contribution < -0.4 is 11.1 Å². The average molecular weight is 440 g/mol. The van der Waals surface area contributed by atoms with Gasteiger partial charge in [-0.2, -0.15) is 5.26 Å². The summed E-state index contributed by atoms with van der Waals surface area (Å²) in [6.07, 6.45) is 0. The highest BCUT2D eigenvalue weighted by Gasteiger charge is 2.54. The molecule has 0 aliphatic carbocycles. The molecule has 11 nitrogen and oxygen atoms in total. The van der Waals surface area contributed by atoms with Crippen molar-refractivity contribution in [2.75, 3.05) is 17.2 Å². The number of carbonyl (C=O) groups excluding carboxylic acids is 2. The molecule has 0 unspecified atom stereocenters. The Bertz CT molecular complexity index is 952. The summed E-state index contributed by atoms with van der Waals surface area (Å²) in [5.41, 5.74) is 4.98. The van der Waals surface area contributed by atoms with Crippen molar-refractivity contribution >= 4 is 63.5 Å². The van der Waals surface area contributed by atoms with Gasteiger partial charge in [-0.15, -0.1) is 34.9 Å². The zero-order valence-corrected chi connectivity index (χ0v) is 16.3. The summed E-state index contributed by atoms with van der Waals surface area (Å²) in [6.45, 7) is 0. The smallest absolute Gasteiger partial charge is 0.353 e. The number of rotatable bonds is 6. The van der Waals surface area contributed by atoms with E-state index in [4.69, 9.17) is 16.2 Å². The van der Waals surface area contributed by atoms with Gasteiger partial charge in [-0.3, -0.25) is 14.5 Å². The van der Waals surface area contributed by atoms with E-state index >= 15 is 0 Å². The summed E-state index contributed by atoms with van der Waals surface area (Å²) >= 11 is 3.38. The van der Waals surface area contributed by atoms with Crippen molar-refractivity contribution in [3.05, 3.63) is 21.7 Å². The van der Waals surface area contributed by atoms with Gasteiger partial charge in [-0.1, -0.05) is 5.16 Å². The van der Waals surface area contributed by atoms with Gasteiger partial charge in [0.15, 0.2) is 10.8 Å². The zero-order chi connectivity index (χ0) is 20.4. The van der Waals surface area contributed by atoms with E-state index in [0.29, 0.717) is 10.7 Å². The van der Waals surface area contributed by atoms with Crippen molar-refractivity contribution in [1.29, 1.82) is 5.26 Å². The van der Waals surface area contributed by atoms with Crippen LogP contribution in [0.3, 0.4) is 0 Å². The number of hydrogen-bond donors (Lipinski definition) is 4. The molecule has 1 fully saturated rings. The Morgan fingerprint density at radius 3 is 2.89 bits per heavy atom. The summed E-state index contributed by atoms with van der Waals surface area (Å²) < 4.78 is 0. The maximum atomic E-state index is 12.5. The highest BCUT2D eigenvalue weighted by molar-refractivity contribution is 8.06. The highest BCUT2D eigenvalue weighted by Crippen LogP contribution is 2.43. The number of nitrogens with one attached hydrogen (secondary N) is 1. The second-order valence-electron chi connectivity index (χ2n) is 5.40. The maximum Gasteiger partial charge on any atom is 0.353 e. The van der Waals surface area contributed by atoms with Gasteiger partial charge >= 0.3 is 5.97 Å². The number of nitrogen functional groups attached to an aromatic ring is 1. The number of anilines is 1. The van der Waals surface area contributed by atoms with Crippen molar-refractivity contribution in [3.63, 3.8) is 0 Å². The molecule has 2 amide bonds. The SMILES string of the molecule is N#CCSC1=C(C(=O)O)N2C(=O)[C@@H](NC(=O)/C(=N\O)c3csc(N)n3)[C@@H]2SC1. The fourth-order valence-corrected chi connectivity index (χ4v) is 5.48. The van der Waals surface area contributed by atoms with E-state index in [2.05, 4.69) is 15.5 Å². The predicted molar refractivity (Wildman–Crippen MR) is 103 cm³/mol. The second-order valence-corrected chi connectivity index (χ2v) is 8.47. The number of oxime groups is 1. The zero-order valence-electron chi connectivity index (χ0n) is 13.9. The number of fused-ring (bicyclic) bond motifs is 1. The van der Waals surface area contributed by atoms with Crippen LogP contribution in [0.1, 0.15) is 5.69 Å². The van der Waals surface area contributed by atoms with E-state index in [0.717, 1.165) is 28.0 Å². The third-order valence-corrected chi connectivity index (χ3v) is 6.91. The Morgan fingerprint density at radius 2 is 2.32 bits per heavy atom. The average Bonchev–Trinajstić information content (AvgIpc) is 3.09. The molecular formula is C14H12N6O5S3. The summed E-state index contributed by atoms with van der Waals surface area (Å²) in [6, 6.07) is 0.932. The van der Waals surface area contributed by atoms with E-state index in [1.54, 1.807) is 0 Å². The molecule has 14 heteroatoms. The maximum absolute atomic E-state index is 12.5. The molecule has 0 spiro atoms. The first-order valence-corrected chi connectivity index (χ1v) is 10.5. The number of carbonyl (C=O) groups is 3. The van der Waals surface area contributed by atoms with E-state index in [1.807, 2.05) is 6.07 Å². The van der Waals surface area contributed by atoms with Gasteiger partial charge in [0.2, 0.25) is 0 Å². The van der Waals surface area contributed by atoms with Crippen molar-refractivity contribution in [2.24, 2.45) is 5.16 Å². The molecular weight excluding hydrogens is 428 g/mol. The summed E-state index contributed by atoms with van der Waals surface area (Å²) in [4.78, 5) is 41.9. The predicted octanol–water partition coefficient (Wildman–Crippen LogP) is -0.144. The van der Waals surface area contributed by atoms with Crippen LogP contribution in [0.4, 0.5) is 5.13 Å². The molecule has 0 aromatic carbocycles. The van der Waals surface area contributed by atoms with Gasteiger partial charge in [-0.25, -0.2) is 9.78 Å². The minimum absolute atomic E-state index is 0.0590. The number of aromatic nitrogens is 1. The van der Waals surface area contributed by atoms with Crippen LogP contribution in [0.2, 0.25) is 0 Å². The minimum atomic E-state index is -1.28. The molecule has 2 aliphatic heterocycles. The first kappa shape index (κ1) is 20.0. The number of amides is 2. The molecule has 1 aromatic heterocycles. The summed E-state index contributed by atoms with van der Waals surface area (Å²) in [5, 5.41) is 33.7. The van der Waals surface area contributed by atoms with Crippen molar-refractivity contribution < 1.29 is 24.7 Å². The normalized spacial score (nSPS) is 21.6. The lowest BCUT2D eigenvalue weighted by Crippen LogP contribution is -2.71. The fraction of sp³-hybridized carbons (Fsp3) is 0.286. The number of nitriles is 1. The van der Waals surface area contributed by atoms with E-state index in [9.17, 15) is 19.5 Å². The molecule has 28 heavy (non-hydrogen) atoms. The first-order valence-electron chi connectivity index (χ1n) is 7.54. The van der Waals surface area contributed by atoms with E-state index < -0.39 is 34.9 Å². The van der Waals surface area contributed by atoms with Crippen LogP contribution in [-0.2, 0) is 14.4 Å². The Balaban J connectivity index is 1.76. The van der Waals surface area contributed by atoms with Crippen LogP contribution in [-0.4, -0.2) is 66.6 Å². The van der Waals surface area contributed by atoms with Crippen molar-refractivity contribution in [3.8, 4) is 6.07 Å². The molecule has 146 valence electrons. The van der Waals surface area contributed by atoms with Crippen LogP contribution in [0, 0.1) is 11.3 Å². The van der Waals surface area contributed by atoms with Gasteiger partial charge in [0, 0.05) is 16.0 Å². The topological polar surface area (TPSA) is 182 Å². The van der Waals surface area contributed by atoms with Crippen molar-refractivity contribution in [2.45, 2.75) is 11.4 Å². The molecule has 2 aliphatic rings. The summed E-state index contributed by atoms with van der Waals surface area (Å²) in [7, 11) is 0. The van der Waals surface area contributed by atoms with Gasteiger partial charge in [0.25, 0.3) is 11.8 Å². The lowest BCUT2D eigenvalue weighted by Gasteiger charge is -2.49. The largest absolute Gasteiger partial charge is 0.477 e. The molecule has 0 bridgehead atoms. The highest BCUT2D eigenvalue weighted by atomic mass is 32.2. The van der Waals surface area contributed by atoms with Gasteiger partial charge in [-0.05, 0) is 0 Å². The molecule has 1 aromatic rings. The number of nitrogens with two attached hydrogens (primary N) is 1. The third-order valence-electron chi connectivity index (χ3n) is 3.81. The molecule has 2 atom stereocenters. The number of nitrogens with zero attached hydrogens (tertiary/aromatic N) is 4. The number of thiazole rings is 1. The molecule has 0 radical (unpaired) electrons. The van der Waals surface area contributed by atoms with E-state index in [-0.39, 0.29) is 22.3 Å². The lowest BCUT2D eigenvalue weighted by atomic mass is 10.0. The number of hydrogen-bond acceptors (Lipinski definition) is 11. The Morgan fingerprint density at radius 1 is 1.57 bits per heavy atom. The van der Waals surface area contributed by atoms with Crippen molar-refractivity contribution in [1.82, 2.24) is 15.2 Å². The Hall–Kier alpha value is -2.76. The monoisotopic (exact) mass is 440 g/mol. The molecule has 5 N–H and O–H groups in total. The molecule has 3 heterocycles. The Labute approximate surface area is 170 Å². The molecule has 3 rings (SSSR count). The van der Waals surface area contributed by atoms with E-state index in [1.165, 1.54) is 17.1 Å². The minimum Gasteiger partial charge on any atom is -0.477 e. The number of β-lactam (4-membered cyclic amide) rings is 1. The third kappa shape index (κ3) is 3.51. The van der Waals surface area contributed by atoms with Crippen LogP contribution in [0.15, 0.2) is 21.1 Å². The Kier molecular flexibility index (Phi) is 5.77. The summed E-state index contributed by atoms with van der Waals surface area (Å²) in [5.74, 6) is -2.37. The van der Waals surface area contributed by atoms with Gasteiger partial charge in [0.05, 0.1) is 11.8 Å². The first-order chi connectivity index (χ1) is 13.4. The number of carboxylic acids is 1. The molecule has 0 saturated carbocycles. The second kappa shape index (κ2) is 8.09. The van der Waals surface area contributed by atoms with Crippen LogP contribution >= 0.6 is 34.9 Å². The quantitative estimate of drug-likeness (QED) is 0.201. The van der Waals surface area contributed by atoms with Crippen LogP contribution in [0.5, 0.6) is 0 Å². The lowest BCUT2D eigenvalue weighted by molar-refractivity contribution is -0.150. The number of carboxylic acid groups (broad SMARTS) is 1. The standard InChI is InChI=1S/C14H12N6O5S3/c15-1-2-26-6-4-27-12-8(11(22)20(12)9(6)13(23)24)18-10(21)7(19-25)5-3-28-14(16)17-5/h3,8,12,25H,2,4H2,(H2,16,17)(H,18,21)(H,23,24)/b19-7-/t8-,12+/m1/s1. The van der Waals surface area contributed by atoms with Crippen LogP contribution in [0.25, 0.3) is 0 Å². The number of thioether (sulfide) groups is 2. The fourth-order valence-electron chi connectivity index (χ4n) is 2.64. The van der Waals surface area contributed by atoms with Gasteiger partial charge in [0.1, 0.15) is 22.8 Å². The van der Waals surface area contributed by atoms with Gasteiger partial charge < -0.3 is 21.4 Å². The number of aliphatic carboxylic acids is 1. The molecule has 1 saturated heterocycles.